The van der Waals surface area contributed by atoms with Crippen LogP contribution in [0.3, 0.4) is 0 Å². The third-order valence-electron chi connectivity index (χ3n) is 1.96. The maximum atomic E-state index is 8.65. The van der Waals surface area contributed by atoms with Crippen molar-refractivity contribution in [2.24, 2.45) is 0 Å². The van der Waals surface area contributed by atoms with Crippen LogP contribution in [0.1, 0.15) is 5.56 Å². The highest BCUT2D eigenvalue weighted by Gasteiger charge is 1.97. The Morgan fingerprint density at radius 1 is 1.19 bits per heavy atom. The van der Waals surface area contributed by atoms with Gasteiger partial charge in [0.05, 0.1) is 11.6 Å². The molecule has 0 saturated heterocycles. The van der Waals surface area contributed by atoms with Crippen LogP contribution in [-0.2, 0) is 0 Å². The van der Waals surface area contributed by atoms with E-state index in [1.54, 1.807) is 36.5 Å². The Bertz CT molecular complexity index is 527. The van der Waals surface area contributed by atoms with Crippen molar-refractivity contribution in [3.05, 3.63) is 42.1 Å². The maximum absolute atomic E-state index is 8.65. The molecule has 0 aliphatic rings. The molecule has 0 radical (unpaired) electrons. The Hall–Kier alpha value is -2.61. The SMILES string of the molecule is N#Cc1ccc(Nc2ccnc(N)n2)cc1. The summed E-state index contributed by atoms with van der Waals surface area (Å²) < 4.78 is 0. The Morgan fingerprint density at radius 2 is 1.94 bits per heavy atom. The van der Waals surface area contributed by atoms with Gasteiger partial charge in [-0.2, -0.15) is 10.2 Å². The molecule has 0 unspecified atom stereocenters. The highest BCUT2D eigenvalue weighted by Crippen LogP contribution is 2.14. The van der Waals surface area contributed by atoms with Gasteiger partial charge in [0.25, 0.3) is 0 Å². The highest BCUT2D eigenvalue weighted by molar-refractivity contribution is 5.57. The number of nitrogens with zero attached hydrogens (tertiary/aromatic N) is 3. The summed E-state index contributed by atoms with van der Waals surface area (Å²) in [6, 6.07) is 10.8. The Balaban J connectivity index is 2.18. The molecular weight excluding hydrogens is 202 g/mol. The molecule has 1 heterocycles. The van der Waals surface area contributed by atoms with Crippen molar-refractivity contribution >= 4 is 17.5 Å². The number of aromatic nitrogens is 2. The lowest BCUT2D eigenvalue weighted by molar-refractivity contribution is 1.18. The second-order valence-corrected chi connectivity index (χ2v) is 3.11. The Labute approximate surface area is 92.6 Å². The minimum Gasteiger partial charge on any atom is -0.368 e. The van der Waals surface area contributed by atoms with Crippen LogP contribution in [0.4, 0.5) is 17.5 Å². The second kappa shape index (κ2) is 4.28. The summed E-state index contributed by atoms with van der Waals surface area (Å²) in [5.41, 5.74) is 6.92. The predicted molar refractivity (Wildman–Crippen MR) is 60.9 cm³/mol. The molecule has 0 aliphatic heterocycles. The normalized spacial score (nSPS) is 9.44. The highest BCUT2D eigenvalue weighted by atomic mass is 15.1. The molecule has 0 amide bonds. The number of anilines is 3. The molecule has 0 fully saturated rings. The van der Waals surface area contributed by atoms with Gasteiger partial charge in [-0.25, -0.2) is 4.98 Å². The summed E-state index contributed by atoms with van der Waals surface area (Å²) >= 11 is 0. The van der Waals surface area contributed by atoms with Gasteiger partial charge in [-0.1, -0.05) is 0 Å². The molecule has 0 saturated carbocycles. The average molecular weight is 211 g/mol. The molecule has 2 aromatic rings. The number of nitrogens with two attached hydrogens (primary N) is 1. The molecule has 0 spiro atoms. The molecule has 5 nitrogen and oxygen atoms in total. The second-order valence-electron chi connectivity index (χ2n) is 3.11. The number of rotatable bonds is 2. The summed E-state index contributed by atoms with van der Waals surface area (Å²) in [5, 5.41) is 11.7. The van der Waals surface area contributed by atoms with Gasteiger partial charge in [0, 0.05) is 11.9 Å². The van der Waals surface area contributed by atoms with Gasteiger partial charge < -0.3 is 11.1 Å². The molecule has 1 aromatic heterocycles. The van der Waals surface area contributed by atoms with Crippen LogP contribution >= 0.6 is 0 Å². The quantitative estimate of drug-likeness (QED) is 0.788. The van der Waals surface area contributed by atoms with E-state index in [9.17, 15) is 0 Å². The van der Waals surface area contributed by atoms with Gasteiger partial charge in [-0.3, -0.25) is 0 Å². The number of nitriles is 1. The van der Waals surface area contributed by atoms with E-state index in [1.165, 1.54) is 0 Å². The van der Waals surface area contributed by atoms with Crippen molar-refractivity contribution in [3.8, 4) is 6.07 Å². The number of nitrogen functional groups attached to an aromatic ring is 1. The van der Waals surface area contributed by atoms with Gasteiger partial charge in [-0.15, -0.1) is 0 Å². The lowest BCUT2D eigenvalue weighted by atomic mass is 10.2. The van der Waals surface area contributed by atoms with Crippen molar-refractivity contribution in [3.63, 3.8) is 0 Å². The van der Waals surface area contributed by atoms with Crippen LogP contribution in [-0.4, -0.2) is 9.97 Å². The van der Waals surface area contributed by atoms with Crippen molar-refractivity contribution in [2.75, 3.05) is 11.1 Å². The van der Waals surface area contributed by atoms with Crippen LogP contribution < -0.4 is 11.1 Å². The fourth-order valence-electron chi connectivity index (χ4n) is 1.22. The third-order valence-corrected chi connectivity index (χ3v) is 1.96. The van der Waals surface area contributed by atoms with Crippen LogP contribution in [0.2, 0.25) is 0 Å². The smallest absolute Gasteiger partial charge is 0.221 e. The van der Waals surface area contributed by atoms with E-state index >= 15 is 0 Å². The summed E-state index contributed by atoms with van der Waals surface area (Å²) in [4.78, 5) is 7.79. The molecule has 0 bridgehead atoms. The van der Waals surface area contributed by atoms with Gasteiger partial charge in [0.1, 0.15) is 5.82 Å². The van der Waals surface area contributed by atoms with Crippen LogP contribution in [0.15, 0.2) is 36.5 Å². The number of nitrogens with one attached hydrogen (secondary N) is 1. The van der Waals surface area contributed by atoms with Gasteiger partial charge in [0.15, 0.2) is 0 Å². The topological polar surface area (TPSA) is 87.6 Å². The number of benzene rings is 1. The molecule has 78 valence electrons. The van der Waals surface area contributed by atoms with E-state index in [0.717, 1.165) is 5.69 Å². The van der Waals surface area contributed by atoms with E-state index in [1.807, 2.05) is 0 Å². The summed E-state index contributed by atoms with van der Waals surface area (Å²) in [7, 11) is 0. The molecule has 16 heavy (non-hydrogen) atoms. The van der Waals surface area contributed by atoms with Crippen molar-refractivity contribution in [1.29, 1.82) is 5.26 Å². The van der Waals surface area contributed by atoms with E-state index in [0.29, 0.717) is 11.4 Å². The largest absolute Gasteiger partial charge is 0.368 e. The molecule has 5 heteroatoms. The summed E-state index contributed by atoms with van der Waals surface area (Å²) in [6.07, 6.45) is 1.58. The van der Waals surface area contributed by atoms with E-state index in [2.05, 4.69) is 21.4 Å². The zero-order valence-electron chi connectivity index (χ0n) is 8.38. The number of hydrogen-bond donors (Lipinski definition) is 2. The zero-order chi connectivity index (χ0) is 11.4. The molecule has 0 atom stereocenters. The fourth-order valence-corrected chi connectivity index (χ4v) is 1.22. The monoisotopic (exact) mass is 211 g/mol. The first-order valence-corrected chi connectivity index (χ1v) is 4.63. The minimum absolute atomic E-state index is 0.221. The zero-order valence-corrected chi connectivity index (χ0v) is 8.38. The van der Waals surface area contributed by atoms with Crippen molar-refractivity contribution < 1.29 is 0 Å². The molecule has 3 N–H and O–H groups in total. The molecule has 0 aliphatic carbocycles. The van der Waals surface area contributed by atoms with Gasteiger partial charge in [0.2, 0.25) is 5.95 Å². The summed E-state index contributed by atoms with van der Waals surface area (Å²) in [5.74, 6) is 0.843. The van der Waals surface area contributed by atoms with Crippen LogP contribution in [0, 0.1) is 11.3 Å². The first kappa shape index (κ1) is 9.93. The molecule has 2 rings (SSSR count). The first-order chi connectivity index (χ1) is 7.78. The first-order valence-electron chi connectivity index (χ1n) is 4.63. The van der Waals surface area contributed by atoms with E-state index < -0.39 is 0 Å². The summed E-state index contributed by atoms with van der Waals surface area (Å²) in [6.45, 7) is 0. The van der Waals surface area contributed by atoms with E-state index in [4.69, 9.17) is 11.0 Å². The van der Waals surface area contributed by atoms with E-state index in [-0.39, 0.29) is 5.95 Å². The molecule has 1 aromatic carbocycles. The fraction of sp³-hybridized carbons (Fsp3) is 0. The lowest BCUT2D eigenvalue weighted by Crippen LogP contribution is -1.98. The molecular formula is C11H9N5. The average Bonchev–Trinajstić information content (AvgIpc) is 2.30. The van der Waals surface area contributed by atoms with Gasteiger partial charge >= 0.3 is 0 Å². The minimum atomic E-state index is 0.221. The van der Waals surface area contributed by atoms with Gasteiger partial charge in [-0.05, 0) is 30.3 Å². The standard InChI is InChI=1S/C11H9N5/c12-7-8-1-3-9(4-2-8)15-10-5-6-14-11(13)16-10/h1-6H,(H3,13,14,15,16). The van der Waals surface area contributed by atoms with Crippen molar-refractivity contribution in [1.82, 2.24) is 9.97 Å². The number of hydrogen-bond acceptors (Lipinski definition) is 5. The van der Waals surface area contributed by atoms with Crippen LogP contribution in [0.5, 0.6) is 0 Å². The lowest BCUT2D eigenvalue weighted by Gasteiger charge is -2.05. The van der Waals surface area contributed by atoms with Crippen molar-refractivity contribution in [2.45, 2.75) is 0 Å². The Morgan fingerprint density at radius 3 is 2.56 bits per heavy atom. The Kier molecular flexibility index (Phi) is 2.65. The third kappa shape index (κ3) is 2.25. The maximum Gasteiger partial charge on any atom is 0.221 e. The van der Waals surface area contributed by atoms with Crippen LogP contribution in [0.25, 0.3) is 0 Å². The predicted octanol–water partition coefficient (Wildman–Crippen LogP) is 1.67.